The molecule has 6 nitrogen and oxygen atoms in total. The van der Waals surface area contributed by atoms with Crippen molar-refractivity contribution >= 4 is 33.7 Å². The van der Waals surface area contributed by atoms with Gasteiger partial charge in [-0.2, -0.15) is 4.98 Å². The number of hydrogen-bond donors (Lipinski definition) is 2. The first-order chi connectivity index (χ1) is 9.10. The lowest BCUT2D eigenvalue weighted by molar-refractivity contribution is 0.102. The van der Waals surface area contributed by atoms with Gasteiger partial charge in [0.1, 0.15) is 12.1 Å². The van der Waals surface area contributed by atoms with E-state index in [4.69, 9.17) is 4.42 Å². The number of halogens is 1. The van der Waals surface area contributed by atoms with E-state index in [1.54, 1.807) is 19.2 Å². The van der Waals surface area contributed by atoms with E-state index in [0.717, 1.165) is 4.47 Å². The van der Waals surface area contributed by atoms with Gasteiger partial charge in [0.25, 0.3) is 5.91 Å². The fourth-order valence-corrected chi connectivity index (χ4v) is 1.83. The molecular formula is C12H13BrN4O2. The van der Waals surface area contributed by atoms with Gasteiger partial charge in [0.2, 0.25) is 0 Å². The highest BCUT2D eigenvalue weighted by molar-refractivity contribution is 9.10. The number of pyridine rings is 1. The fraction of sp³-hybridized carbons (Fsp3) is 0.250. The summed E-state index contributed by atoms with van der Waals surface area (Å²) in [4.78, 5) is 20.3. The molecule has 2 N–H and O–H groups in total. The van der Waals surface area contributed by atoms with Crippen LogP contribution in [0.4, 0.5) is 11.8 Å². The Bertz CT molecular complexity index is 597. The number of hydrogen-bond acceptors (Lipinski definition) is 5. The van der Waals surface area contributed by atoms with E-state index >= 15 is 0 Å². The van der Waals surface area contributed by atoms with Crippen molar-refractivity contribution in [1.82, 2.24) is 9.97 Å². The first kappa shape index (κ1) is 13.5. The molecule has 0 aliphatic heterocycles. The maximum atomic E-state index is 12.2. The van der Waals surface area contributed by atoms with E-state index in [0.29, 0.717) is 23.6 Å². The second-order valence-electron chi connectivity index (χ2n) is 3.83. The minimum Gasteiger partial charge on any atom is -0.432 e. The first-order valence-electron chi connectivity index (χ1n) is 5.73. The zero-order chi connectivity index (χ0) is 13.8. The van der Waals surface area contributed by atoms with Gasteiger partial charge in [0, 0.05) is 17.2 Å². The van der Waals surface area contributed by atoms with Crippen LogP contribution in [-0.2, 0) is 0 Å². The van der Waals surface area contributed by atoms with Crippen molar-refractivity contribution < 1.29 is 9.21 Å². The molecule has 0 aliphatic rings. The summed E-state index contributed by atoms with van der Waals surface area (Å²) in [6.45, 7) is 4.39. The monoisotopic (exact) mass is 324 g/mol. The third-order valence-electron chi connectivity index (χ3n) is 2.28. The van der Waals surface area contributed by atoms with Crippen molar-refractivity contribution in [1.29, 1.82) is 0 Å². The maximum absolute atomic E-state index is 12.2. The van der Waals surface area contributed by atoms with Gasteiger partial charge in [-0.1, -0.05) is 0 Å². The summed E-state index contributed by atoms with van der Waals surface area (Å²) in [6.07, 6.45) is 3.10. The summed E-state index contributed by atoms with van der Waals surface area (Å²) in [5.41, 5.74) is 1.13. The Morgan fingerprint density at radius 3 is 2.95 bits per heavy atom. The first-order valence-corrected chi connectivity index (χ1v) is 6.52. The molecule has 0 fully saturated rings. The summed E-state index contributed by atoms with van der Waals surface area (Å²) in [7, 11) is 0. The number of carbonyl (C=O) groups excluding carboxylic acids is 1. The van der Waals surface area contributed by atoms with Crippen LogP contribution in [0.3, 0.4) is 0 Å². The Kier molecular flexibility index (Phi) is 4.16. The van der Waals surface area contributed by atoms with Crippen LogP contribution >= 0.6 is 15.9 Å². The van der Waals surface area contributed by atoms with E-state index in [-0.39, 0.29) is 11.9 Å². The Hall–Kier alpha value is -1.89. The lowest BCUT2D eigenvalue weighted by Gasteiger charge is -2.08. The van der Waals surface area contributed by atoms with E-state index in [2.05, 4.69) is 36.5 Å². The molecule has 2 rings (SSSR count). The van der Waals surface area contributed by atoms with Crippen LogP contribution in [0.15, 0.2) is 27.4 Å². The molecule has 7 heteroatoms. The largest absolute Gasteiger partial charge is 0.432 e. The average molecular weight is 325 g/mol. The zero-order valence-electron chi connectivity index (χ0n) is 10.5. The van der Waals surface area contributed by atoms with Gasteiger partial charge < -0.3 is 9.73 Å². The number of anilines is 2. The summed E-state index contributed by atoms with van der Waals surface area (Å²) in [5, 5.41) is 5.62. The molecule has 0 aliphatic carbocycles. The SMILES string of the molecule is CCNc1ncc(Br)cc1C(=O)Nc1nc(C)co1. The number of amides is 1. The molecule has 0 aromatic carbocycles. The summed E-state index contributed by atoms with van der Waals surface area (Å²) in [6, 6.07) is 1.86. The maximum Gasteiger partial charge on any atom is 0.301 e. The third-order valence-corrected chi connectivity index (χ3v) is 2.72. The van der Waals surface area contributed by atoms with Crippen LogP contribution in [0.2, 0.25) is 0 Å². The second-order valence-corrected chi connectivity index (χ2v) is 4.74. The van der Waals surface area contributed by atoms with Crippen LogP contribution < -0.4 is 10.6 Å². The lowest BCUT2D eigenvalue weighted by atomic mass is 10.2. The number of oxazole rings is 1. The Labute approximate surface area is 118 Å². The van der Waals surface area contributed by atoms with Gasteiger partial charge in [0.05, 0.1) is 11.3 Å². The number of nitrogens with zero attached hydrogens (tertiary/aromatic N) is 2. The van der Waals surface area contributed by atoms with E-state index < -0.39 is 0 Å². The minimum atomic E-state index is -0.327. The van der Waals surface area contributed by atoms with Crippen molar-refractivity contribution in [2.45, 2.75) is 13.8 Å². The molecule has 0 bridgehead atoms. The predicted molar refractivity (Wildman–Crippen MR) is 75.3 cm³/mol. The normalized spacial score (nSPS) is 10.3. The van der Waals surface area contributed by atoms with Crippen molar-refractivity contribution in [2.24, 2.45) is 0 Å². The van der Waals surface area contributed by atoms with Gasteiger partial charge in [-0.3, -0.25) is 10.1 Å². The van der Waals surface area contributed by atoms with Gasteiger partial charge in [0.15, 0.2) is 0 Å². The smallest absolute Gasteiger partial charge is 0.301 e. The highest BCUT2D eigenvalue weighted by Crippen LogP contribution is 2.19. The van der Waals surface area contributed by atoms with Crippen molar-refractivity contribution in [3.8, 4) is 0 Å². The number of aromatic nitrogens is 2. The number of carbonyl (C=O) groups is 1. The second kappa shape index (κ2) is 5.83. The van der Waals surface area contributed by atoms with Crippen LogP contribution in [0.25, 0.3) is 0 Å². The quantitative estimate of drug-likeness (QED) is 0.903. The molecule has 19 heavy (non-hydrogen) atoms. The van der Waals surface area contributed by atoms with Crippen LogP contribution in [0, 0.1) is 6.92 Å². The van der Waals surface area contributed by atoms with Crippen molar-refractivity contribution in [3.05, 3.63) is 34.3 Å². The fourth-order valence-electron chi connectivity index (χ4n) is 1.50. The molecule has 0 unspecified atom stereocenters. The summed E-state index contributed by atoms with van der Waals surface area (Å²) >= 11 is 3.30. The van der Waals surface area contributed by atoms with Gasteiger partial charge in [-0.05, 0) is 35.8 Å². The molecule has 0 saturated heterocycles. The minimum absolute atomic E-state index is 0.171. The molecule has 2 aromatic rings. The van der Waals surface area contributed by atoms with Crippen molar-refractivity contribution in [3.63, 3.8) is 0 Å². The zero-order valence-corrected chi connectivity index (χ0v) is 12.1. The molecule has 0 spiro atoms. The van der Waals surface area contributed by atoms with Gasteiger partial charge in [-0.25, -0.2) is 4.98 Å². The predicted octanol–water partition coefficient (Wildman–Crippen LogP) is 2.82. The molecule has 1 amide bonds. The summed E-state index contributed by atoms with van der Waals surface area (Å²) < 4.78 is 5.82. The molecule has 2 aromatic heterocycles. The highest BCUT2D eigenvalue weighted by atomic mass is 79.9. The third kappa shape index (κ3) is 3.31. The molecule has 0 atom stereocenters. The highest BCUT2D eigenvalue weighted by Gasteiger charge is 2.15. The molecule has 100 valence electrons. The topological polar surface area (TPSA) is 80.0 Å². The molecule has 2 heterocycles. The Morgan fingerprint density at radius 2 is 2.32 bits per heavy atom. The molecular weight excluding hydrogens is 312 g/mol. The van der Waals surface area contributed by atoms with Crippen LogP contribution in [0.5, 0.6) is 0 Å². The van der Waals surface area contributed by atoms with E-state index in [9.17, 15) is 4.79 Å². The van der Waals surface area contributed by atoms with Crippen LogP contribution in [0.1, 0.15) is 23.0 Å². The standard InChI is InChI=1S/C12H13BrN4O2/c1-3-14-10-9(4-8(13)5-15-10)11(18)17-12-16-7(2)6-19-12/h4-6H,3H2,1-2H3,(H,14,15)(H,16,17,18). The Balaban J connectivity index is 2.24. The number of nitrogens with one attached hydrogen (secondary N) is 2. The van der Waals surface area contributed by atoms with Crippen LogP contribution in [-0.4, -0.2) is 22.4 Å². The Morgan fingerprint density at radius 1 is 1.53 bits per heavy atom. The van der Waals surface area contributed by atoms with Crippen molar-refractivity contribution in [2.75, 3.05) is 17.2 Å². The molecule has 0 saturated carbocycles. The lowest BCUT2D eigenvalue weighted by Crippen LogP contribution is -2.16. The summed E-state index contributed by atoms with van der Waals surface area (Å²) in [5.74, 6) is 0.193. The average Bonchev–Trinajstić information content (AvgIpc) is 2.77. The van der Waals surface area contributed by atoms with E-state index in [1.165, 1.54) is 6.26 Å². The van der Waals surface area contributed by atoms with Gasteiger partial charge >= 0.3 is 6.01 Å². The number of aryl methyl sites for hydroxylation is 1. The number of rotatable bonds is 4. The molecule has 0 radical (unpaired) electrons. The van der Waals surface area contributed by atoms with E-state index in [1.807, 2.05) is 6.92 Å². The van der Waals surface area contributed by atoms with Gasteiger partial charge in [-0.15, -0.1) is 0 Å².